The molecule has 2 atom stereocenters. The summed E-state index contributed by atoms with van der Waals surface area (Å²) < 4.78 is 0. The van der Waals surface area contributed by atoms with Gasteiger partial charge in [-0.1, -0.05) is 23.2 Å². The first-order valence-electron chi connectivity index (χ1n) is 6.20. The standard InChI is InChI=1S/C13H17Cl2NO3/c14-10-1-2-11(18)13(15)9(10)5-16-4-3-8(7-17)12(19)6-16/h1-2,8,12,17-19H,3-7H2/t8-,12+/m1/s1. The van der Waals surface area contributed by atoms with Crippen molar-refractivity contribution in [2.45, 2.75) is 19.1 Å². The van der Waals surface area contributed by atoms with E-state index in [2.05, 4.69) is 0 Å². The zero-order chi connectivity index (χ0) is 14.0. The van der Waals surface area contributed by atoms with Crippen molar-refractivity contribution in [1.82, 2.24) is 4.90 Å². The maximum absolute atomic E-state index is 9.89. The summed E-state index contributed by atoms with van der Waals surface area (Å²) in [6.07, 6.45) is 0.180. The second-order valence-electron chi connectivity index (χ2n) is 4.89. The molecular formula is C13H17Cl2NO3. The van der Waals surface area contributed by atoms with E-state index in [4.69, 9.17) is 28.3 Å². The maximum Gasteiger partial charge on any atom is 0.134 e. The molecule has 106 valence electrons. The van der Waals surface area contributed by atoms with Crippen LogP contribution in [-0.2, 0) is 6.54 Å². The number of aliphatic hydroxyl groups is 2. The number of phenols is 1. The van der Waals surface area contributed by atoms with Crippen LogP contribution in [0.4, 0.5) is 0 Å². The Kier molecular flexibility index (Phi) is 4.92. The smallest absolute Gasteiger partial charge is 0.134 e. The minimum Gasteiger partial charge on any atom is -0.506 e. The Balaban J connectivity index is 2.09. The fraction of sp³-hybridized carbons (Fsp3) is 0.538. The van der Waals surface area contributed by atoms with E-state index in [-0.39, 0.29) is 23.3 Å². The van der Waals surface area contributed by atoms with Gasteiger partial charge in [-0.05, 0) is 25.1 Å². The van der Waals surface area contributed by atoms with Gasteiger partial charge < -0.3 is 15.3 Å². The predicted octanol–water partition coefficient (Wildman–Crippen LogP) is 1.87. The number of phenolic OH excluding ortho intramolecular Hbond substituents is 1. The Morgan fingerprint density at radius 3 is 2.68 bits per heavy atom. The van der Waals surface area contributed by atoms with Crippen molar-refractivity contribution in [1.29, 1.82) is 0 Å². The Morgan fingerprint density at radius 1 is 1.32 bits per heavy atom. The van der Waals surface area contributed by atoms with Crippen LogP contribution in [0.15, 0.2) is 12.1 Å². The van der Waals surface area contributed by atoms with E-state index in [0.29, 0.717) is 23.7 Å². The minimum absolute atomic E-state index is 0.00262. The lowest BCUT2D eigenvalue weighted by molar-refractivity contribution is -0.00443. The van der Waals surface area contributed by atoms with Crippen LogP contribution in [0, 0.1) is 5.92 Å². The summed E-state index contributed by atoms with van der Waals surface area (Å²) in [6, 6.07) is 3.07. The normalized spacial score (nSPS) is 24.6. The van der Waals surface area contributed by atoms with Gasteiger partial charge in [-0.3, -0.25) is 4.90 Å². The van der Waals surface area contributed by atoms with Gasteiger partial charge in [0.05, 0.1) is 11.1 Å². The maximum atomic E-state index is 9.89. The Bertz CT molecular complexity index is 456. The molecule has 0 saturated carbocycles. The molecule has 1 aromatic rings. The molecule has 19 heavy (non-hydrogen) atoms. The van der Waals surface area contributed by atoms with Gasteiger partial charge in [0.1, 0.15) is 5.75 Å². The molecule has 4 nitrogen and oxygen atoms in total. The Hall–Kier alpha value is -0.520. The zero-order valence-corrected chi connectivity index (χ0v) is 11.9. The summed E-state index contributed by atoms with van der Waals surface area (Å²) >= 11 is 12.1. The van der Waals surface area contributed by atoms with Crippen molar-refractivity contribution < 1.29 is 15.3 Å². The lowest BCUT2D eigenvalue weighted by Crippen LogP contribution is -2.44. The van der Waals surface area contributed by atoms with E-state index in [1.165, 1.54) is 6.07 Å². The highest BCUT2D eigenvalue weighted by Crippen LogP contribution is 2.34. The number of β-amino-alcohol motifs (C(OH)–C–C–N with tert-alkyl or cyclic N) is 1. The van der Waals surface area contributed by atoms with Crippen LogP contribution in [0.25, 0.3) is 0 Å². The molecule has 0 unspecified atom stereocenters. The predicted molar refractivity (Wildman–Crippen MR) is 74.6 cm³/mol. The highest BCUT2D eigenvalue weighted by molar-refractivity contribution is 6.36. The second-order valence-corrected chi connectivity index (χ2v) is 5.68. The van der Waals surface area contributed by atoms with Crippen LogP contribution >= 0.6 is 23.2 Å². The number of nitrogens with zero attached hydrogens (tertiary/aromatic N) is 1. The molecule has 1 fully saturated rings. The van der Waals surface area contributed by atoms with Crippen LogP contribution in [0.2, 0.25) is 10.0 Å². The summed E-state index contributed by atoms with van der Waals surface area (Å²) in [5.74, 6) is -0.0572. The molecule has 0 radical (unpaired) electrons. The first kappa shape index (κ1) is 14.9. The van der Waals surface area contributed by atoms with Crippen LogP contribution in [-0.4, -0.2) is 46.0 Å². The van der Waals surface area contributed by atoms with Crippen molar-refractivity contribution in [3.63, 3.8) is 0 Å². The molecule has 0 spiro atoms. The first-order valence-corrected chi connectivity index (χ1v) is 6.95. The largest absolute Gasteiger partial charge is 0.506 e. The monoisotopic (exact) mass is 305 g/mol. The number of halogens is 2. The number of hydrogen-bond acceptors (Lipinski definition) is 4. The number of piperidine rings is 1. The molecule has 0 aliphatic carbocycles. The molecule has 1 aliphatic heterocycles. The molecule has 0 amide bonds. The molecule has 0 bridgehead atoms. The lowest BCUT2D eigenvalue weighted by atomic mass is 9.94. The van der Waals surface area contributed by atoms with E-state index in [9.17, 15) is 10.2 Å². The molecule has 6 heteroatoms. The summed E-state index contributed by atoms with van der Waals surface area (Å²) in [6.45, 7) is 1.70. The van der Waals surface area contributed by atoms with Crippen LogP contribution < -0.4 is 0 Å². The molecular weight excluding hydrogens is 289 g/mol. The molecule has 1 heterocycles. The number of hydrogen-bond donors (Lipinski definition) is 3. The number of rotatable bonds is 3. The lowest BCUT2D eigenvalue weighted by Gasteiger charge is -2.35. The SMILES string of the molecule is OC[C@H]1CCN(Cc2c(Cl)ccc(O)c2Cl)C[C@@H]1O. The van der Waals surface area contributed by atoms with E-state index in [1.54, 1.807) is 6.07 Å². The number of aromatic hydroxyl groups is 1. The third kappa shape index (κ3) is 3.33. The molecule has 3 N–H and O–H groups in total. The third-order valence-corrected chi connectivity index (χ3v) is 4.36. The van der Waals surface area contributed by atoms with Crippen LogP contribution in [0.1, 0.15) is 12.0 Å². The van der Waals surface area contributed by atoms with Gasteiger partial charge in [0.2, 0.25) is 0 Å². The molecule has 2 rings (SSSR count). The summed E-state index contributed by atoms with van der Waals surface area (Å²) in [5.41, 5.74) is 0.665. The minimum atomic E-state index is -0.548. The van der Waals surface area contributed by atoms with Gasteiger partial charge in [-0.15, -0.1) is 0 Å². The molecule has 0 aromatic heterocycles. The first-order chi connectivity index (χ1) is 9.02. The van der Waals surface area contributed by atoms with Gasteiger partial charge >= 0.3 is 0 Å². The fourth-order valence-electron chi connectivity index (χ4n) is 2.36. The van der Waals surface area contributed by atoms with Gasteiger partial charge in [-0.2, -0.15) is 0 Å². The highest BCUT2D eigenvalue weighted by atomic mass is 35.5. The van der Waals surface area contributed by atoms with E-state index in [1.807, 2.05) is 4.90 Å². The summed E-state index contributed by atoms with van der Waals surface area (Å²) in [4.78, 5) is 2.02. The third-order valence-electron chi connectivity index (χ3n) is 3.59. The summed E-state index contributed by atoms with van der Waals surface area (Å²) in [7, 11) is 0. The van der Waals surface area contributed by atoms with Gasteiger partial charge in [0.25, 0.3) is 0 Å². The number of likely N-dealkylation sites (tertiary alicyclic amines) is 1. The van der Waals surface area contributed by atoms with Crippen molar-refractivity contribution >= 4 is 23.2 Å². The number of benzene rings is 1. The number of aliphatic hydroxyl groups excluding tert-OH is 2. The Morgan fingerprint density at radius 2 is 2.05 bits per heavy atom. The van der Waals surface area contributed by atoms with Crippen LogP contribution in [0.3, 0.4) is 0 Å². The highest BCUT2D eigenvalue weighted by Gasteiger charge is 2.27. The van der Waals surface area contributed by atoms with E-state index < -0.39 is 6.10 Å². The van der Waals surface area contributed by atoms with E-state index in [0.717, 1.165) is 13.0 Å². The zero-order valence-electron chi connectivity index (χ0n) is 10.4. The van der Waals surface area contributed by atoms with Gasteiger partial charge in [-0.25, -0.2) is 0 Å². The van der Waals surface area contributed by atoms with Crippen molar-refractivity contribution in [3.8, 4) is 5.75 Å². The average molecular weight is 306 g/mol. The van der Waals surface area contributed by atoms with Gasteiger partial charge in [0, 0.05) is 36.2 Å². The van der Waals surface area contributed by atoms with Gasteiger partial charge in [0.15, 0.2) is 0 Å². The molecule has 1 aliphatic rings. The molecule has 1 aromatic carbocycles. The summed E-state index contributed by atoms with van der Waals surface area (Å²) in [5, 5.41) is 29.4. The fourth-order valence-corrected chi connectivity index (χ4v) is 2.85. The van der Waals surface area contributed by atoms with Crippen LogP contribution in [0.5, 0.6) is 5.75 Å². The second kappa shape index (κ2) is 6.29. The molecule has 1 saturated heterocycles. The van der Waals surface area contributed by atoms with Crippen molar-refractivity contribution in [2.75, 3.05) is 19.7 Å². The topological polar surface area (TPSA) is 63.9 Å². The Labute approximate surface area is 122 Å². The van der Waals surface area contributed by atoms with Crippen molar-refractivity contribution in [2.24, 2.45) is 5.92 Å². The van der Waals surface area contributed by atoms with Crippen molar-refractivity contribution in [3.05, 3.63) is 27.7 Å². The van der Waals surface area contributed by atoms with E-state index >= 15 is 0 Å². The average Bonchev–Trinajstić information content (AvgIpc) is 2.39. The quantitative estimate of drug-likeness (QED) is 0.798.